The molecule has 0 fully saturated rings. The molecule has 0 aliphatic heterocycles. The van der Waals surface area contributed by atoms with Gasteiger partial charge in [0.25, 0.3) is 0 Å². The van der Waals surface area contributed by atoms with Crippen molar-refractivity contribution in [1.29, 1.82) is 0 Å². The van der Waals surface area contributed by atoms with Crippen molar-refractivity contribution in [3.8, 4) is 5.75 Å². The van der Waals surface area contributed by atoms with Crippen LogP contribution in [0.1, 0.15) is 37.0 Å². The average molecular weight is 210 g/mol. The molecule has 1 rings (SSSR count). The van der Waals surface area contributed by atoms with E-state index in [-0.39, 0.29) is 23.0 Å². The SMILES string of the molecule is CCCC(C)C(=O)c1c(O)ccoc1=O. The van der Waals surface area contributed by atoms with Gasteiger partial charge >= 0.3 is 5.63 Å². The van der Waals surface area contributed by atoms with Crippen molar-refractivity contribution < 1.29 is 14.3 Å². The van der Waals surface area contributed by atoms with Crippen molar-refractivity contribution in [3.63, 3.8) is 0 Å². The highest BCUT2D eigenvalue weighted by Gasteiger charge is 2.21. The molecule has 15 heavy (non-hydrogen) atoms. The highest BCUT2D eigenvalue weighted by atomic mass is 16.4. The Morgan fingerprint density at radius 3 is 2.80 bits per heavy atom. The summed E-state index contributed by atoms with van der Waals surface area (Å²) in [5.74, 6) is -0.936. The first-order chi connectivity index (χ1) is 7.07. The van der Waals surface area contributed by atoms with Crippen LogP contribution in [0.2, 0.25) is 0 Å². The van der Waals surface area contributed by atoms with Crippen molar-refractivity contribution in [2.24, 2.45) is 5.92 Å². The van der Waals surface area contributed by atoms with E-state index in [9.17, 15) is 14.7 Å². The molecule has 4 nitrogen and oxygen atoms in total. The van der Waals surface area contributed by atoms with Gasteiger partial charge in [-0.3, -0.25) is 4.79 Å². The third-order valence-electron chi connectivity index (χ3n) is 2.28. The molecule has 0 amide bonds. The van der Waals surface area contributed by atoms with Gasteiger partial charge in [0.1, 0.15) is 11.3 Å². The van der Waals surface area contributed by atoms with Crippen LogP contribution in [0.5, 0.6) is 5.75 Å². The van der Waals surface area contributed by atoms with Crippen molar-refractivity contribution in [1.82, 2.24) is 0 Å². The van der Waals surface area contributed by atoms with Crippen LogP contribution in [0.3, 0.4) is 0 Å². The molecule has 1 heterocycles. The number of ketones is 1. The van der Waals surface area contributed by atoms with Gasteiger partial charge in [-0.2, -0.15) is 0 Å². The summed E-state index contributed by atoms with van der Waals surface area (Å²) in [5, 5.41) is 9.40. The van der Waals surface area contributed by atoms with Gasteiger partial charge in [0.2, 0.25) is 0 Å². The molecular weight excluding hydrogens is 196 g/mol. The summed E-state index contributed by atoms with van der Waals surface area (Å²) in [6, 6.07) is 1.20. The molecule has 1 atom stereocenters. The largest absolute Gasteiger partial charge is 0.507 e. The van der Waals surface area contributed by atoms with E-state index in [0.717, 1.165) is 12.7 Å². The average Bonchev–Trinajstić information content (AvgIpc) is 2.17. The Morgan fingerprint density at radius 2 is 2.27 bits per heavy atom. The standard InChI is InChI=1S/C11H14O4/c1-3-4-7(2)10(13)9-8(12)5-6-15-11(9)14/h5-7,12H,3-4H2,1-2H3. The van der Waals surface area contributed by atoms with Gasteiger partial charge in [0, 0.05) is 12.0 Å². The van der Waals surface area contributed by atoms with Crippen LogP contribution >= 0.6 is 0 Å². The molecular formula is C11H14O4. The second kappa shape index (κ2) is 4.77. The molecule has 0 aromatic carbocycles. The lowest BCUT2D eigenvalue weighted by atomic mass is 9.96. The summed E-state index contributed by atoms with van der Waals surface area (Å²) in [6.07, 6.45) is 2.61. The van der Waals surface area contributed by atoms with Crippen LogP contribution in [0.25, 0.3) is 0 Å². The van der Waals surface area contributed by atoms with Crippen LogP contribution in [-0.2, 0) is 0 Å². The van der Waals surface area contributed by atoms with E-state index in [1.165, 1.54) is 6.07 Å². The minimum atomic E-state index is -0.775. The van der Waals surface area contributed by atoms with Crippen LogP contribution in [0.15, 0.2) is 21.5 Å². The highest BCUT2D eigenvalue weighted by Crippen LogP contribution is 2.18. The Morgan fingerprint density at radius 1 is 1.60 bits per heavy atom. The summed E-state index contributed by atoms with van der Waals surface area (Å²) in [5.41, 5.74) is -1.01. The second-order valence-electron chi connectivity index (χ2n) is 3.52. The monoisotopic (exact) mass is 210 g/mol. The van der Waals surface area contributed by atoms with E-state index in [2.05, 4.69) is 4.42 Å². The maximum Gasteiger partial charge on any atom is 0.350 e. The summed E-state index contributed by atoms with van der Waals surface area (Å²) < 4.78 is 4.55. The Balaban J connectivity index is 3.06. The number of rotatable bonds is 4. The normalized spacial score (nSPS) is 12.4. The van der Waals surface area contributed by atoms with Gasteiger partial charge in [-0.05, 0) is 6.42 Å². The zero-order chi connectivity index (χ0) is 11.4. The first kappa shape index (κ1) is 11.5. The summed E-state index contributed by atoms with van der Waals surface area (Å²) in [4.78, 5) is 23.0. The number of carbonyl (C=O) groups excluding carboxylic acids is 1. The summed E-state index contributed by atoms with van der Waals surface area (Å²) >= 11 is 0. The Hall–Kier alpha value is -1.58. The van der Waals surface area contributed by atoms with Crippen molar-refractivity contribution >= 4 is 5.78 Å². The lowest BCUT2D eigenvalue weighted by Gasteiger charge is -2.08. The second-order valence-corrected chi connectivity index (χ2v) is 3.52. The lowest BCUT2D eigenvalue weighted by molar-refractivity contribution is 0.0916. The number of hydrogen-bond acceptors (Lipinski definition) is 4. The summed E-state index contributed by atoms with van der Waals surface area (Å²) in [6.45, 7) is 3.69. The first-order valence-corrected chi connectivity index (χ1v) is 4.93. The molecule has 0 aliphatic rings. The molecule has 0 aliphatic carbocycles. The van der Waals surface area contributed by atoms with Crippen molar-refractivity contribution in [2.45, 2.75) is 26.7 Å². The number of hydrogen-bond donors (Lipinski definition) is 1. The van der Waals surface area contributed by atoms with Gasteiger partial charge in [0.05, 0.1) is 6.26 Å². The molecule has 0 bridgehead atoms. The zero-order valence-electron chi connectivity index (χ0n) is 8.82. The van der Waals surface area contributed by atoms with Gasteiger partial charge < -0.3 is 9.52 Å². The third-order valence-corrected chi connectivity index (χ3v) is 2.28. The van der Waals surface area contributed by atoms with E-state index >= 15 is 0 Å². The van der Waals surface area contributed by atoms with E-state index in [1.54, 1.807) is 6.92 Å². The topological polar surface area (TPSA) is 67.5 Å². The fraction of sp³-hybridized carbons (Fsp3) is 0.455. The number of Topliss-reactive ketones (excluding diaryl/α,β-unsaturated/α-hetero) is 1. The van der Waals surface area contributed by atoms with Gasteiger partial charge in [-0.25, -0.2) is 4.79 Å². The molecule has 1 aromatic heterocycles. The molecule has 1 N–H and O–H groups in total. The van der Waals surface area contributed by atoms with E-state index in [0.29, 0.717) is 6.42 Å². The minimum absolute atomic E-state index is 0.238. The van der Waals surface area contributed by atoms with Gasteiger partial charge in [-0.1, -0.05) is 20.3 Å². The third kappa shape index (κ3) is 2.46. The van der Waals surface area contributed by atoms with Crippen LogP contribution in [-0.4, -0.2) is 10.9 Å². The number of carbonyl (C=O) groups is 1. The number of aromatic hydroxyl groups is 1. The van der Waals surface area contributed by atoms with Gasteiger partial charge in [0.15, 0.2) is 5.78 Å². The molecule has 4 heteroatoms. The van der Waals surface area contributed by atoms with E-state index in [1.807, 2.05) is 6.92 Å². The smallest absolute Gasteiger partial charge is 0.350 e. The minimum Gasteiger partial charge on any atom is -0.507 e. The quantitative estimate of drug-likeness (QED) is 0.771. The fourth-order valence-corrected chi connectivity index (χ4v) is 1.44. The van der Waals surface area contributed by atoms with E-state index < -0.39 is 5.63 Å². The maximum absolute atomic E-state index is 11.8. The Kier molecular flexibility index (Phi) is 3.66. The Labute approximate surface area is 87.5 Å². The van der Waals surface area contributed by atoms with Gasteiger partial charge in [-0.15, -0.1) is 0 Å². The fourth-order valence-electron chi connectivity index (χ4n) is 1.44. The lowest BCUT2D eigenvalue weighted by Crippen LogP contribution is -2.19. The van der Waals surface area contributed by atoms with Crippen LogP contribution in [0, 0.1) is 5.92 Å². The van der Waals surface area contributed by atoms with Crippen molar-refractivity contribution in [2.75, 3.05) is 0 Å². The molecule has 82 valence electrons. The maximum atomic E-state index is 11.8. The predicted octanol–water partition coefficient (Wildman–Crippen LogP) is 1.96. The molecule has 0 saturated heterocycles. The Bertz CT molecular complexity index is 405. The molecule has 1 aromatic rings. The van der Waals surface area contributed by atoms with Crippen molar-refractivity contribution in [3.05, 3.63) is 28.3 Å². The molecule has 0 radical (unpaired) electrons. The first-order valence-electron chi connectivity index (χ1n) is 4.93. The molecule has 0 saturated carbocycles. The summed E-state index contributed by atoms with van der Waals surface area (Å²) in [7, 11) is 0. The molecule has 0 spiro atoms. The van der Waals surface area contributed by atoms with Crippen LogP contribution < -0.4 is 5.63 Å². The molecule has 1 unspecified atom stereocenters. The van der Waals surface area contributed by atoms with Crippen LogP contribution in [0.4, 0.5) is 0 Å². The predicted molar refractivity (Wildman–Crippen MR) is 55.0 cm³/mol. The van der Waals surface area contributed by atoms with E-state index in [4.69, 9.17) is 0 Å². The zero-order valence-corrected chi connectivity index (χ0v) is 8.82. The highest BCUT2D eigenvalue weighted by molar-refractivity contribution is 5.99.